The zero-order valence-electron chi connectivity index (χ0n) is 64.5. The number of carbonyl (C=O) groups is 5. The molecule has 12 heterocycles. The number of nitrogens with zero attached hydrogens (tertiary/aromatic N) is 15. The number of terminal acetylenes is 3. The molecule has 4 saturated heterocycles. The minimum Gasteiger partial charge on any atom is -0.454 e. The molecule has 0 aromatic carbocycles. The number of hydrogen-bond donors (Lipinski definition) is 9. The van der Waals surface area contributed by atoms with Crippen molar-refractivity contribution in [2.75, 3.05) is 22.1 Å². The second kappa shape index (κ2) is 38.9. The predicted molar refractivity (Wildman–Crippen MR) is 404 cm³/mol. The zero-order valence-corrected chi connectivity index (χ0v) is 64.5. The third-order valence-corrected chi connectivity index (χ3v) is 18.7. The van der Waals surface area contributed by atoms with Crippen LogP contribution in [0, 0.1) is 48.9 Å². The number of amides is 2. The van der Waals surface area contributed by atoms with Crippen LogP contribution in [0.25, 0.3) is 50.9 Å². The van der Waals surface area contributed by atoms with Crippen LogP contribution in [0.15, 0.2) is 56.3 Å². The number of rotatable bonds is 20. The van der Waals surface area contributed by atoms with Crippen LogP contribution in [-0.4, -0.2) is 219 Å². The second-order valence-corrected chi connectivity index (χ2v) is 26.7. The van der Waals surface area contributed by atoms with Gasteiger partial charge in [0.05, 0.1) is 75.0 Å². The summed E-state index contributed by atoms with van der Waals surface area (Å²) in [4.78, 5) is 140. The number of carbonyl (C=O) groups excluding carboxylic acids is 5. The number of aliphatic hydroxyl groups excluding tert-OH is 4. The molecule has 11 N–H and O–H groups in total. The van der Waals surface area contributed by atoms with E-state index < -0.39 is 152 Å². The summed E-state index contributed by atoms with van der Waals surface area (Å²) in [5, 5.41) is 45.1. The normalized spacial score (nSPS) is 24.8. The van der Waals surface area contributed by atoms with Crippen molar-refractivity contribution in [2.24, 2.45) is 11.8 Å². The van der Waals surface area contributed by atoms with Crippen molar-refractivity contribution >= 4 is 104 Å². The smallest absolute Gasteiger partial charge is 0.337 e. The number of alkyl halides is 4. The summed E-state index contributed by atoms with van der Waals surface area (Å²) in [5.74, 6) is 4.08. The fraction of sp³-hybridized carbons (Fsp3) is 0.528. The number of aromatic amines is 1. The number of halogens is 4. The summed E-state index contributed by atoms with van der Waals surface area (Å²) in [5.41, 5.74) is 13.2. The molecule has 2 amide bonds. The number of anilines is 4. The fourth-order valence-corrected chi connectivity index (χ4v) is 12.8. The lowest BCUT2D eigenvalue weighted by Gasteiger charge is -2.20. The minimum atomic E-state index is -1.86. The van der Waals surface area contributed by atoms with E-state index in [4.69, 9.17) is 63.9 Å². The number of H-pyrrole nitrogens is 1. The van der Waals surface area contributed by atoms with E-state index in [2.05, 4.69) is 85.6 Å². The Morgan fingerprint density at radius 1 is 0.552 bits per heavy atom. The van der Waals surface area contributed by atoms with Gasteiger partial charge in [-0.2, -0.15) is 19.9 Å². The Morgan fingerprint density at radius 2 is 0.948 bits per heavy atom. The van der Waals surface area contributed by atoms with Crippen molar-refractivity contribution in [1.29, 1.82) is 0 Å². The molecule has 44 heteroatoms. The third kappa shape index (κ3) is 19.3. The molecular formula is C72H88F4N20O20. The van der Waals surface area contributed by atoms with Crippen molar-refractivity contribution < 1.29 is 95.1 Å². The molecule has 4 aliphatic heterocycles. The lowest BCUT2D eigenvalue weighted by Crippen LogP contribution is -2.37. The first kappa shape index (κ1) is 89.5. The van der Waals surface area contributed by atoms with E-state index in [1.54, 1.807) is 13.8 Å². The van der Waals surface area contributed by atoms with Crippen LogP contribution >= 0.6 is 0 Å². The maximum absolute atomic E-state index is 15.3. The number of esters is 3. The van der Waals surface area contributed by atoms with E-state index in [1.165, 1.54) is 72.4 Å². The monoisotopic (exact) mass is 1630 g/mol. The van der Waals surface area contributed by atoms with E-state index in [1.807, 2.05) is 27.7 Å². The standard InChI is InChI=1S/C20H24FN5O5.2C15H18FN5O4.C12H19FO5.C10H9N5O2/c1-6-8-25-13-9-22-19(23-11(4)27)24-17(13)26(20(25)29)18-16(30-12(5)28)14(21)15(31-18)10(3)7-2;2*1-3-5-20-7-6-18-14(17)19-12(7)21(15(20)24)13-10(23)9(16)11(25-13)8(22)4-2;1-5-6(2)10-9(13)11(16-7(3)14)12(18-10)17-8(4)15;1-3-4-15-7-5-11-9(12-6(2)16)13-8(7)14-10(15)17/h1,9-10,14-16,18H,7-8H2,2-5H3,(H,22,23,24,27);5-6,8-11,13,22-23H,1,4H2,2H3,(H2,17,18,19);1,6,8-11,13,22-23H,4-5H2,2H3,(H2,17,18,19);6,9-12H,5H2,1-4H3;1,5H,4H2,2H3,(H2,11,12,13,14,16,17)/t10-,14-,15+,16+,18+;2*8-,9+,10+,11+,13+;6-,9-,10+,11+,12?;/m0000./s1. The zero-order chi connectivity index (χ0) is 85.8. The van der Waals surface area contributed by atoms with Crippen molar-refractivity contribution in [3.8, 4) is 37.0 Å². The number of ether oxygens (including phenoxy) is 7. The summed E-state index contributed by atoms with van der Waals surface area (Å²) in [7, 11) is 0. The molecule has 1 unspecified atom stereocenters. The Balaban J connectivity index is 0.000000184. The number of nitrogens with two attached hydrogens (primary N) is 2. The van der Waals surface area contributed by atoms with Gasteiger partial charge < -0.3 is 65.1 Å². The van der Waals surface area contributed by atoms with Gasteiger partial charge in [0.25, 0.3) is 0 Å². The summed E-state index contributed by atoms with van der Waals surface area (Å²) in [6.07, 6.45) is -0.0312. The Bertz CT molecular complexity index is 5360. The molecule has 12 rings (SSSR count). The molecule has 0 spiro atoms. The molecule has 40 nitrogen and oxygen atoms in total. The maximum atomic E-state index is 15.3. The van der Waals surface area contributed by atoms with Crippen LogP contribution in [0.1, 0.15) is 121 Å². The highest BCUT2D eigenvalue weighted by atomic mass is 19.1. The first-order chi connectivity index (χ1) is 55.0. The maximum Gasteiger partial charge on any atom is 0.337 e. The number of nitrogen functional groups attached to an aromatic ring is 2. The molecule has 624 valence electrons. The summed E-state index contributed by atoms with van der Waals surface area (Å²) < 4.78 is 103. The van der Waals surface area contributed by atoms with Crippen molar-refractivity contribution in [2.45, 2.75) is 232 Å². The minimum absolute atomic E-state index is 0.0519. The quantitative estimate of drug-likeness (QED) is 0.0172. The van der Waals surface area contributed by atoms with Gasteiger partial charge in [-0.25, -0.2) is 70.4 Å². The van der Waals surface area contributed by atoms with E-state index in [9.17, 15) is 76.7 Å². The lowest BCUT2D eigenvalue weighted by atomic mass is 9.97. The first-order valence-corrected chi connectivity index (χ1v) is 36.0. The van der Waals surface area contributed by atoms with Gasteiger partial charge in [0.15, 0.2) is 78.2 Å². The highest BCUT2D eigenvalue weighted by Gasteiger charge is 2.54. The van der Waals surface area contributed by atoms with Gasteiger partial charge in [0.2, 0.25) is 41.9 Å². The second-order valence-electron chi connectivity index (χ2n) is 26.7. The molecule has 0 aliphatic carbocycles. The highest BCUT2D eigenvalue weighted by Crippen LogP contribution is 2.41. The molecule has 0 bridgehead atoms. The van der Waals surface area contributed by atoms with Crippen LogP contribution in [0.2, 0.25) is 0 Å². The Labute approximate surface area is 656 Å². The number of aromatic nitrogens is 16. The van der Waals surface area contributed by atoms with Gasteiger partial charge in [-0.05, 0) is 24.7 Å². The number of imidazole rings is 4. The molecule has 4 fully saturated rings. The van der Waals surface area contributed by atoms with Gasteiger partial charge in [0.1, 0.15) is 46.5 Å². The molecule has 4 aliphatic rings. The van der Waals surface area contributed by atoms with Gasteiger partial charge in [-0.15, -0.1) is 25.0 Å². The van der Waals surface area contributed by atoms with Crippen molar-refractivity contribution in [3.63, 3.8) is 0 Å². The highest BCUT2D eigenvalue weighted by molar-refractivity contribution is 5.88. The summed E-state index contributed by atoms with van der Waals surface area (Å²) in [6.45, 7) is 20.3. The van der Waals surface area contributed by atoms with Crippen LogP contribution in [0.3, 0.4) is 0 Å². The van der Waals surface area contributed by atoms with Gasteiger partial charge in [-0.1, -0.05) is 78.7 Å². The van der Waals surface area contributed by atoms with Gasteiger partial charge in [0, 0.05) is 34.6 Å². The molecule has 0 saturated carbocycles. The molecular weight excluding hydrogens is 1540 g/mol. The summed E-state index contributed by atoms with van der Waals surface area (Å²) in [6, 6.07) is 0. The van der Waals surface area contributed by atoms with Crippen LogP contribution in [-0.2, 0) is 76.8 Å². The Morgan fingerprint density at radius 3 is 1.41 bits per heavy atom. The number of fused-ring (bicyclic) bond motifs is 4. The van der Waals surface area contributed by atoms with E-state index in [0.29, 0.717) is 24.0 Å². The number of aliphatic hydroxyl groups is 4. The molecule has 8 aromatic rings. The van der Waals surface area contributed by atoms with Crippen LogP contribution < -0.4 is 44.9 Å². The van der Waals surface area contributed by atoms with E-state index >= 15 is 4.39 Å². The van der Waals surface area contributed by atoms with E-state index in [0.717, 1.165) is 25.2 Å². The van der Waals surface area contributed by atoms with Crippen molar-refractivity contribution in [3.05, 3.63) is 79.0 Å². The lowest BCUT2D eigenvalue weighted by molar-refractivity contribution is -0.196. The molecule has 20 atom stereocenters. The van der Waals surface area contributed by atoms with Crippen LogP contribution in [0.4, 0.5) is 41.4 Å². The predicted octanol–water partition coefficient (Wildman–Crippen LogP) is 1.67. The molecule has 0 radical (unpaired) electrons. The number of nitrogens with one attached hydrogen (secondary N) is 3. The van der Waals surface area contributed by atoms with E-state index in [-0.39, 0.29) is 113 Å². The van der Waals surface area contributed by atoms with Crippen molar-refractivity contribution in [1.82, 2.24) is 76.8 Å². The Kier molecular flexibility index (Phi) is 30.0. The topological polar surface area (TPSA) is 529 Å². The molecule has 116 heavy (non-hydrogen) atoms. The Hall–Kier alpha value is -12.1. The third-order valence-electron chi connectivity index (χ3n) is 18.7. The van der Waals surface area contributed by atoms with Gasteiger partial charge >= 0.3 is 40.7 Å². The SMILES string of the molecule is C#CCn1c(=O)[nH]c2nc(NC(C)=O)ncc21.C#CCn1c(=O)n([C@@H]2O[C@H]([C@@H](C)CC)[C@H](F)[C@H]2OC(C)=O)c2nc(NC(C)=O)ncc21.C#CCn1c(=O)n([C@@H]2O[C@H]([C@@H](O)CC)[C@H](F)[C@H]2O)c2nc(N)ncc21.C=C=Cn1c(=O)n([C@@H]2O[C@H]([C@@H](O)CC)[C@H](F)[C@H]2O)c2nc(N)ncc21.CC[C@H](C)[C@H]1OC(OC(C)=O)[C@H](OC(C)=O)[C@H]1F. The van der Waals surface area contributed by atoms with Gasteiger partial charge in [-0.3, -0.25) is 57.9 Å². The fourth-order valence-electron chi connectivity index (χ4n) is 12.8. The summed E-state index contributed by atoms with van der Waals surface area (Å²) >= 11 is 0. The average Bonchev–Trinajstić information content (AvgIpc) is 1.60. The largest absolute Gasteiger partial charge is 0.454 e. The number of hydrogen-bond acceptors (Lipinski definition) is 30. The van der Waals surface area contributed by atoms with Crippen LogP contribution in [0.5, 0.6) is 0 Å². The average molecular weight is 1630 g/mol. The first-order valence-electron chi connectivity index (χ1n) is 36.0. The molecule has 8 aromatic heterocycles.